The third-order valence-corrected chi connectivity index (χ3v) is 6.73. The summed E-state index contributed by atoms with van der Waals surface area (Å²) in [5, 5.41) is 4.04. The minimum atomic E-state index is -4.81. The van der Waals surface area contributed by atoms with E-state index in [0.717, 1.165) is 35.0 Å². The molecule has 4 aromatic carbocycles. The second-order valence-corrected chi connectivity index (χ2v) is 9.58. The fraction of sp³-hybridized carbons (Fsp3) is 0.138. The second-order valence-electron chi connectivity index (χ2n) is 9.17. The van der Waals surface area contributed by atoms with E-state index in [2.05, 4.69) is 5.10 Å². The van der Waals surface area contributed by atoms with Crippen molar-refractivity contribution >= 4 is 22.5 Å². The van der Waals surface area contributed by atoms with Gasteiger partial charge in [-0.05, 0) is 36.4 Å². The molecule has 0 spiro atoms. The van der Waals surface area contributed by atoms with Gasteiger partial charge in [0.15, 0.2) is 0 Å². The van der Waals surface area contributed by atoms with Crippen LogP contribution in [0, 0.1) is 17.5 Å². The maximum Gasteiger partial charge on any atom is 0.418 e. The van der Waals surface area contributed by atoms with Crippen molar-refractivity contribution in [2.24, 2.45) is 0 Å². The van der Waals surface area contributed by atoms with Crippen LogP contribution in [0.1, 0.15) is 22.3 Å². The second kappa shape index (κ2) is 10.9. The molecule has 0 aliphatic heterocycles. The van der Waals surface area contributed by atoms with Crippen LogP contribution in [0.5, 0.6) is 5.75 Å². The molecule has 0 amide bonds. The largest absolute Gasteiger partial charge is 0.489 e. The fourth-order valence-electron chi connectivity index (χ4n) is 4.43. The monoisotopic (exact) mass is 614 g/mol. The maximum absolute atomic E-state index is 14.5. The zero-order valence-corrected chi connectivity index (χ0v) is 21.7. The summed E-state index contributed by atoms with van der Waals surface area (Å²) in [6.07, 6.45) is -9.42. The van der Waals surface area contributed by atoms with Crippen LogP contribution in [0.4, 0.5) is 39.5 Å². The van der Waals surface area contributed by atoms with Gasteiger partial charge in [0.2, 0.25) is 0 Å². The Bertz CT molecular complexity index is 1770. The summed E-state index contributed by atoms with van der Waals surface area (Å²) in [5.74, 6) is -3.59. The van der Waals surface area contributed by atoms with Crippen LogP contribution >= 0.6 is 11.6 Å². The van der Waals surface area contributed by atoms with Crippen LogP contribution in [0.15, 0.2) is 72.8 Å². The van der Waals surface area contributed by atoms with Gasteiger partial charge < -0.3 is 4.74 Å². The van der Waals surface area contributed by atoms with Crippen molar-refractivity contribution in [1.82, 2.24) is 9.78 Å². The van der Waals surface area contributed by atoms with Crippen LogP contribution in [0.3, 0.4) is 0 Å². The first-order chi connectivity index (χ1) is 19.7. The van der Waals surface area contributed by atoms with Gasteiger partial charge in [-0.3, -0.25) is 4.68 Å². The number of benzene rings is 4. The quantitative estimate of drug-likeness (QED) is 0.178. The van der Waals surface area contributed by atoms with E-state index in [0.29, 0.717) is 12.1 Å². The third kappa shape index (κ3) is 5.89. The van der Waals surface area contributed by atoms with Crippen molar-refractivity contribution < 1.29 is 44.3 Å². The lowest BCUT2D eigenvalue weighted by Crippen LogP contribution is -2.09. The topological polar surface area (TPSA) is 27.1 Å². The summed E-state index contributed by atoms with van der Waals surface area (Å²) in [4.78, 5) is 0. The number of aromatic nitrogens is 2. The molecule has 5 aromatic rings. The van der Waals surface area contributed by atoms with Crippen LogP contribution in [-0.4, -0.2) is 9.78 Å². The highest BCUT2D eigenvalue weighted by molar-refractivity contribution is 6.31. The number of ether oxygens (including phenoxy) is 1. The molecule has 0 fully saturated rings. The van der Waals surface area contributed by atoms with Crippen molar-refractivity contribution in [2.45, 2.75) is 25.5 Å². The van der Waals surface area contributed by atoms with Crippen molar-refractivity contribution in [2.75, 3.05) is 0 Å². The molecule has 1 aromatic heterocycles. The molecule has 0 bridgehead atoms. The standard InChI is InChI=1S/C29H16ClF9N2O/c30-23-8-7-17(28(34,35)36)9-16(23)14-42-19-4-1-3-15(10-19)27-20-5-2-6-22(29(37,38)39)26(20)40-41(27)13-21-24(32)11-18(31)12-25(21)33/h1-12H,13-14H2. The van der Waals surface area contributed by atoms with Gasteiger partial charge in [0.05, 0.1) is 23.4 Å². The van der Waals surface area contributed by atoms with E-state index in [-0.39, 0.29) is 39.6 Å². The summed E-state index contributed by atoms with van der Waals surface area (Å²) in [5.41, 5.74) is -2.88. The van der Waals surface area contributed by atoms with Gasteiger partial charge in [-0.15, -0.1) is 0 Å². The Morgan fingerprint density at radius 3 is 2.14 bits per heavy atom. The van der Waals surface area contributed by atoms with E-state index in [1.54, 1.807) is 0 Å². The maximum atomic E-state index is 14.5. The van der Waals surface area contributed by atoms with Gasteiger partial charge in [0, 0.05) is 39.2 Å². The molecule has 0 saturated carbocycles. The Morgan fingerprint density at radius 2 is 1.48 bits per heavy atom. The average Bonchev–Trinajstić information content (AvgIpc) is 3.27. The minimum Gasteiger partial charge on any atom is -0.489 e. The summed E-state index contributed by atoms with van der Waals surface area (Å²) >= 11 is 6.04. The number of fused-ring (bicyclic) bond motifs is 1. The molecule has 0 aliphatic carbocycles. The van der Waals surface area contributed by atoms with E-state index in [1.807, 2.05) is 0 Å². The van der Waals surface area contributed by atoms with E-state index >= 15 is 0 Å². The highest BCUT2D eigenvalue weighted by Gasteiger charge is 2.35. The number of hydrogen-bond acceptors (Lipinski definition) is 2. The highest BCUT2D eigenvalue weighted by Crippen LogP contribution is 2.39. The summed E-state index contributed by atoms with van der Waals surface area (Å²) in [7, 11) is 0. The molecule has 0 unspecified atom stereocenters. The average molecular weight is 615 g/mol. The normalized spacial score (nSPS) is 12.2. The third-order valence-electron chi connectivity index (χ3n) is 6.36. The first kappa shape index (κ1) is 29.3. The summed E-state index contributed by atoms with van der Waals surface area (Å²) < 4.78 is 130. The number of hydrogen-bond donors (Lipinski definition) is 0. The molecule has 0 N–H and O–H groups in total. The highest BCUT2D eigenvalue weighted by atomic mass is 35.5. The first-order valence-electron chi connectivity index (χ1n) is 12.0. The Kier molecular flexibility index (Phi) is 7.61. The molecule has 0 radical (unpaired) electrons. The van der Waals surface area contributed by atoms with E-state index in [9.17, 15) is 39.5 Å². The summed E-state index contributed by atoms with van der Waals surface area (Å²) in [6.45, 7) is -1.07. The molecule has 0 saturated heterocycles. The van der Waals surface area contributed by atoms with Crippen LogP contribution in [0.2, 0.25) is 5.02 Å². The van der Waals surface area contributed by atoms with Gasteiger partial charge in [-0.1, -0.05) is 35.9 Å². The molecule has 0 atom stereocenters. The minimum absolute atomic E-state index is 0.00849. The zero-order valence-electron chi connectivity index (χ0n) is 20.9. The molecule has 5 rings (SSSR count). The Hall–Kier alpha value is -4.19. The Balaban J connectivity index is 1.58. The smallest absolute Gasteiger partial charge is 0.418 e. The first-order valence-corrected chi connectivity index (χ1v) is 12.4. The fourth-order valence-corrected chi connectivity index (χ4v) is 4.60. The van der Waals surface area contributed by atoms with Gasteiger partial charge in [0.1, 0.15) is 35.3 Å². The van der Waals surface area contributed by atoms with E-state index in [4.69, 9.17) is 16.3 Å². The number of halogens is 10. The van der Waals surface area contributed by atoms with Crippen LogP contribution in [0.25, 0.3) is 22.2 Å². The lowest BCUT2D eigenvalue weighted by Gasteiger charge is -2.13. The molecular formula is C29H16ClF9N2O. The molecule has 3 nitrogen and oxygen atoms in total. The van der Waals surface area contributed by atoms with E-state index in [1.165, 1.54) is 30.3 Å². The van der Waals surface area contributed by atoms with Crippen LogP contribution < -0.4 is 4.74 Å². The van der Waals surface area contributed by atoms with Gasteiger partial charge in [-0.2, -0.15) is 31.4 Å². The predicted molar refractivity (Wildman–Crippen MR) is 136 cm³/mol. The predicted octanol–water partition coefficient (Wildman–Crippen LogP) is 9.44. The van der Waals surface area contributed by atoms with E-state index < -0.39 is 58.6 Å². The zero-order chi connectivity index (χ0) is 30.4. The van der Waals surface area contributed by atoms with Crippen molar-refractivity contribution in [3.05, 3.63) is 118 Å². The summed E-state index contributed by atoms with van der Waals surface area (Å²) in [6, 6.07) is 12.7. The lowest BCUT2D eigenvalue weighted by atomic mass is 10.0. The van der Waals surface area contributed by atoms with Crippen molar-refractivity contribution in [3.63, 3.8) is 0 Å². The van der Waals surface area contributed by atoms with Crippen molar-refractivity contribution in [1.29, 1.82) is 0 Å². The number of nitrogens with zero attached hydrogens (tertiary/aromatic N) is 2. The Morgan fingerprint density at radius 1 is 0.786 bits per heavy atom. The Labute approximate surface area is 236 Å². The lowest BCUT2D eigenvalue weighted by molar-refractivity contribution is -0.138. The van der Waals surface area contributed by atoms with Gasteiger partial charge in [0.25, 0.3) is 0 Å². The molecule has 218 valence electrons. The molecule has 13 heteroatoms. The molecule has 42 heavy (non-hydrogen) atoms. The van der Waals surface area contributed by atoms with Gasteiger partial charge >= 0.3 is 12.4 Å². The number of rotatable bonds is 6. The molecule has 1 heterocycles. The number of alkyl halides is 6. The van der Waals surface area contributed by atoms with Crippen molar-refractivity contribution in [3.8, 4) is 17.0 Å². The molecule has 0 aliphatic rings. The molecular weight excluding hydrogens is 599 g/mol. The van der Waals surface area contributed by atoms with Crippen LogP contribution in [-0.2, 0) is 25.5 Å². The SMILES string of the molecule is Fc1cc(F)c(Cn2nc3c(C(F)(F)F)cccc3c2-c2cccc(OCc3cc(C(F)(F)F)ccc3Cl)c2)c(F)c1. The van der Waals surface area contributed by atoms with Gasteiger partial charge in [-0.25, -0.2) is 13.2 Å².